The molecule has 4 heteroatoms. The van der Waals surface area contributed by atoms with E-state index in [1.807, 2.05) is 0 Å². The molecule has 0 fully saturated rings. The molecule has 3 nitrogen and oxygen atoms in total. The van der Waals surface area contributed by atoms with E-state index in [9.17, 15) is 4.79 Å². The number of carboxylic acid groups (broad SMARTS) is 1. The number of thioether (sulfide) groups is 1. The first-order valence-corrected chi connectivity index (χ1v) is 6.25. The normalized spacial score (nSPS) is 10.7. The Hall–Kier alpha value is -1.16. The number of nitrogens with two attached hydrogens (primary N) is 1. The van der Waals surface area contributed by atoms with E-state index >= 15 is 0 Å². The molecule has 0 aliphatic carbocycles. The van der Waals surface area contributed by atoms with E-state index in [0.29, 0.717) is 11.6 Å². The van der Waals surface area contributed by atoms with Gasteiger partial charge in [-0.15, -0.1) is 11.8 Å². The van der Waals surface area contributed by atoms with E-state index in [1.165, 1.54) is 6.07 Å². The minimum Gasteiger partial charge on any atom is -0.478 e. The second kappa shape index (κ2) is 5.80. The quantitative estimate of drug-likeness (QED) is 0.612. The van der Waals surface area contributed by atoms with Crippen LogP contribution >= 0.6 is 11.8 Å². The van der Waals surface area contributed by atoms with Crippen molar-refractivity contribution in [2.75, 3.05) is 11.5 Å². The molecule has 0 spiro atoms. The fourth-order valence-corrected chi connectivity index (χ4v) is 2.42. The molecule has 16 heavy (non-hydrogen) atoms. The summed E-state index contributed by atoms with van der Waals surface area (Å²) in [4.78, 5) is 11.7. The number of hydrogen-bond acceptors (Lipinski definition) is 3. The Morgan fingerprint density at radius 1 is 1.50 bits per heavy atom. The molecular formula is C12H17NO2S. The SMILES string of the molecule is CC(C)CCSc1ccc(C(=O)O)cc1N. The lowest BCUT2D eigenvalue weighted by molar-refractivity contribution is 0.0697. The number of aromatic carboxylic acids is 1. The first-order chi connectivity index (χ1) is 7.50. The number of nitrogen functional groups attached to an aromatic ring is 1. The van der Waals surface area contributed by atoms with Crippen LogP contribution in [0.2, 0.25) is 0 Å². The van der Waals surface area contributed by atoms with Gasteiger partial charge in [0.1, 0.15) is 0 Å². The summed E-state index contributed by atoms with van der Waals surface area (Å²) >= 11 is 1.68. The van der Waals surface area contributed by atoms with Gasteiger partial charge in [-0.25, -0.2) is 4.79 Å². The van der Waals surface area contributed by atoms with Crippen molar-refractivity contribution in [3.8, 4) is 0 Å². The lowest BCUT2D eigenvalue weighted by Gasteiger charge is -2.07. The summed E-state index contributed by atoms with van der Waals surface area (Å²) in [6.45, 7) is 4.36. The third-order valence-electron chi connectivity index (χ3n) is 2.21. The molecule has 0 aliphatic rings. The van der Waals surface area contributed by atoms with Crippen LogP contribution in [0, 0.1) is 5.92 Å². The fraction of sp³-hybridized carbons (Fsp3) is 0.417. The van der Waals surface area contributed by atoms with Crippen LogP contribution in [0.3, 0.4) is 0 Å². The molecular weight excluding hydrogens is 222 g/mol. The molecule has 88 valence electrons. The maximum Gasteiger partial charge on any atom is 0.335 e. The first-order valence-electron chi connectivity index (χ1n) is 5.26. The van der Waals surface area contributed by atoms with E-state index in [0.717, 1.165) is 17.1 Å². The van der Waals surface area contributed by atoms with Gasteiger partial charge in [-0.05, 0) is 36.3 Å². The van der Waals surface area contributed by atoms with Gasteiger partial charge in [-0.2, -0.15) is 0 Å². The number of rotatable bonds is 5. The minimum absolute atomic E-state index is 0.241. The van der Waals surface area contributed by atoms with Gasteiger partial charge < -0.3 is 10.8 Å². The van der Waals surface area contributed by atoms with Crippen molar-refractivity contribution in [3.05, 3.63) is 23.8 Å². The summed E-state index contributed by atoms with van der Waals surface area (Å²) in [6.07, 6.45) is 1.13. The molecule has 0 aliphatic heterocycles. The molecule has 1 rings (SSSR count). The number of hydrogen-bond donors (Lipinski definition) is 2. The summed E-state index contributed by atoms with van der Waals surface area (Å²) in [5, 5.41) is 8.79. The molecule has 0 bridgehead atoms. The van der Waals surface area contributed by atoms with Crippen molar-refractivity contribution in [1.29, 1.82) is 0 Å². The van der Waals surface area contributed by atoms with Gasteiger partial charge in [0.05, 0.1) is 5.56 Å². The Balaban J connectivity index is 2.64. The lowest BCUT2D eigenvalue weighted by atomic mass is 10.2. The van der Waals surface area contributed by atoms with Crippen molar-refractivity contribution in [3.63, 3.8) is 0 Å². The van der Waals surface area contributed by atoms with E-state index in [1.54, 1.807) is 23.9 Å². The second-order valence-electron chi connectivity index (χ2n) is 4.09. The van der Waals surface area contributed by atoms with Gasteiger partial charge in [0.25, 0.3) is 0 Å². The predicted molar refractivity (Wildman–Crippen MR) is 68.0 cm³/mol. The van der Waals surface area contributed by atoms with Gasteiger partial charge in [0.2, 0.25) is 0 Å². The van der Waals surface area contributed by atoms with Crippen LogP contribution in [-0.2, 0) is 0 Å². The summed E-state index contributed by atoms with van der Waals surface area (Å²) in [5.74, 6) is 0.742. The van der Waals surface area contributed by atoms with Gasteiger partial charge >= 0.3 is 5.97 Å². The minimum atomic E-state index is -0.939. The van der Waals surface area contributed by atoms with Crippen molar-refractivity contribution < 1.29 is 9.90 Å². The summed E-state index contributed by atoms with van der Waals surface area (Å²) in [5.41, 5.74) is 6.58. The Morgan fingerprint density at radius 3 is 2.69 bits per heavy atom. The van der Waals surface area contributed by atoms with E-state index in [4.69, 9.17) is 10.8 Å². The molecule has 0 aromatic heterocycles. The summed E-state index contributed by atoms with van der Waals surface area (Å²) in [6, 6.07) is 4.89. The molecule has 0 unspecified atom stereocenters. The summed E-state index contributed by atoms with van der Waals surface area (Å²) < 4.78 is 0. The largest absolute Gasteiger partial charge is 0.478 e. The smallest absolute Gasteiger partial charge is 0.335 e. The maximum absolute atomic E-state index is 10.7. The zero-order valence-corrected chi connectivity index (χ0v) is 10.4. The van der Waals surface area contributed by atoms with Gasteiger partial charge in [-0.3, -0.25) is 0 Å². The van der Waals surface area contributed by atoms with Crippen molar-refractivity contribution in [1.82, 2.24) is 0 Å². The fourth-order valence-electron chi connectivity index (χ4n) is 1.22. The van der Waals surface area contributed by atoms with Crippen LogP contribution in [-0.4, -0.2) is 16.8 Å². The number of anilines is 1. The number of carbonyl (C=O) groups is 1. The van der Waals surface area contributed by atoms with Gasteiger partial charge in [0.15, 0.2) is 0 Å². The maximum atomic E-state index is 10.7. The molecule has 1 aromatic carbocycles. The van der Waals surface area contributed by atoms with Crippen molar-refractivity contribution >= 4 is 23.4 Å². The molecule has 3 N–H and O–H groups in total. The first kappa shape index (κ1) is 12.9. The van der Waals surface area contributed by atoms with E-state index in [2.05, 4.69) is 13.8 Å². The van der Waals surface area contributed by atoms with Crippen molar-refractivity contribution in [2.24, 2.45) is 5.92 Å². The van der Waals surface area contributed by atoms with Crippen LogP contribution in [0.4, 0.5) is 5.69 Å². The number of benzene rings is 1. The van der Waals surface area contributed by atoms with E-state index < -0.39 is 5.97 Å². The molecule has 1 aromatic rings. The van der Waals surface area contributed by atoms with Gasteiger partial charge in [-0.1, -0.05) is 13.8 Å². The van der Waals surface area contributed by atoms with Crippen LogP contribution in [0.1, 0.15) is 30.6 Å². The van der Waals surface area contributed by atoms with Gasteiger partial charge in [0, 0.05) is 10.6 Å². The predicted octanol–water partition coefficient (Wildman–Crippen LogP) is 3.11. The van der Waals surface area contributed by atoms with Crippen LogP contribution in [0.15, 0.2) is 23.1 Å². The molecule has 0 amide bonds. The standard InChI is InChI=1S/C12H17NO2S/c1-8(2)5-6-16-11-4-3-9(12(14)15)7-10(11)13/h3-4,7-8H,5-6,13H2,1-2H3,(H,14,15). The Kier molecular flexibility index (Phi) is 4.68. The summed E-state index contributed by atoms with van der Waals surface area (Å²) in [7, 11) is 0. The zero-order valence-electron chi connectivity index (χ0n) is 9.56. The molecule has 0 heterocycles. The average molecular weight is 239 g/mol. The highest BCUT2D eigenvalue weighted by atomic mass is 32.2. The molecule has 0 saturated carbocycles. The number of carboxylic acids is 1. The third kappa shape index (κ3) is 3.77. The highest BCUT2D eigenvalue weighted by Gasteiger charge is 2.06. The average Bonchev–Trinajstić information content (AvgIpc) is 2.19. The van der Waals surface area contributed by atoms with E-state index in [-0.39, 0.29) is 5.56 Å². The molecule has 0 atom stereocenters. The Morgan fingerprint density at radius 2 is 2.19 bits per heavy atom. The lowest BCUT2D eigenvalue weighted by Crippen LogP contribution is -1.99. The third-order valence-corrected chi connectivity index (χ3v) is 3.33. The van der Waals surface area contributed by atoms with Crippen molar-refractivity contribution in [2.45, 2.75) is 25.2 Å². The monoisotopic (exact) mass is 239 g/mol. The highest BCUT2D eigenvalue weighted by Crippen LogP contribution is 2.27. The molecule has 0 radical (unpaired) electrons. The Bertz CT molecular complexity index is 377. The molecule has 0 saturated heterocycles. The Labute approximate surface area is 100 Å². The van der Waals surface area contributed by atoms with Crippen LogP contribution in [0.5, 0.6) is 0 Å². The van der Waals surface area contributed by atoms with Crippen LogP contribution in [0.25, 0.3) is 0 Å². The zero-order chi connectivity index (χ0) is 12.1. The topological polar surface area (TPSA) is 63.3 Å². The highest BCUT2D eigenvalue weighted by molar-refractivity contribution is 7.99. The second-order valence-corrected chi connectivity index (χ2v) is 5.23. The van der Waals surface area contributed by atoms with Crippen LogP contribution < -0.4 is 5.73 Å².